The average Bonchev–Trinajstić information content (AvgIpc) is 3.30. The van der Waals surface area contributed by atoms with Crippen LogP contribution in [-0.2, 0) is 12.3 Å². The van der Waals surface area contributed by atoms with Crippen molar-refractivity contribution in [3.63, 3.8) is 0 Å². The molecule has 0 aliphatic rings. The zero-order valence-corrected chi connectivity index (χ0v) is 17.3. The molecule has 0 saturated carbocycles. The van der Waals surface area contributed by atoms with Crippen molar-refractivity contribution in [1.82, 2.24) is 9.88 Å². The van der Waals surface area contributed by atoms with Gasteiger partial charge in [0.2, 0.25) is 0 Å². The fourth-order valence-electron chi connectivity index (χ4n) is 2.41. The van der Waals surface area contributed by atoms with Crippen LogP contribution in [0.4, 0.5) is 0 Å². The van der Waals surface area contributed by atoms with Crippen LogP contribution in [0.5, 0.6) is 5.75 Å². The Hall–Kier alpha value is -1.38. The molecule has 3 aromatic rings. The average molecular weight is 407 g/mol. The molecule has 0 amide bonds. The summed E-state index contributed by atoms with van der Waals surface area (Å²) in [5.74, 6) is 1.78. The van der Waals surface area contributed by atoms with Gasteiger partial charge < -0.3 is 9.84 Å². The maximum atomic E-state index is 9.00. The molecule has 138 valence electrons. The molecular weight excluding hydrogens is 384 g/mol. The number of nitrogens with zero attached hydrogens (tertiary/aromatic N) is 2. The molecule has 1 aromatic carbocycles. The highest BCUT2D eigenvalue weighted by Gasteiger charge is 2.10. The van der Waals surface area contributed by atoms with Gasteiger partial charge in [-0.1, -0.05) is 12.1 Å². The van der Waals surface area contributed by atoms with E-state index < -0.39 is 0 Å². The third-order valence-corrected chi connectivity index (χ3v) is 7.02. The molecule has 2 heterocycles. The SMILES string of the molecule is COc1ccc(CSc2csc(-c3ccc(CN(C)CCO)s3)n2)cc1. The normalized spacial score (nSPS) is 11.2. The molecular formula is C19H22N2O2S3. The summed E-state index contributed by atoms with van der Waals surface area (Å²) in [6, 6.07) is 12.5. The number of methoxy groups -OCH3 is 1. The quantitative estimate of drug-likeness (QED) is 0.526. The topological polar surface area (TPSA) is 45.6 Å². The summed E-state index contributed by atoms with van der Waals surface area (Å²) in [5, 5.41) is 13.3. The minimum atomic E-state index is 0.190. The van der Waals surface area contributed by atoms with Crippen molar-refractivity contribution in [2.45, 2.75) is 17.3 Å². The molecule has 4 nitrogen and oxygen atoms in total. The number of likely N-dealkylation sites (N-methyl/N-ethyl adjacent to an activating group) is 1. The van der Waals surface area contributed by atoms with Gasteiger partial charge in [0.05, 0.1) is 18.6 Å². The van der Waals surface area contributed by atoms with Crippen molar-refractivity contribution in [2.24, 2.45) is 0 Å². The summed E-state index contributed by atoms with van der Waals surface area (Å²) in [7, 11) is 3.70. The van der Waals surface area contributed by atoms with Crippen LogP contribution in [0.2, 0.25) is 0 Å². The minimum Gasteiger partial charge on any atom is -0.497 e. The molecule has 0 unspecified atom stereocenters. The van der Waals surface area contributed by atoms with Crippen LogP contribution in [0, 0.1) is 0 Å². The lowest BCUT2D eigenvalue weighted by Crippen LogP contribution is -2.20. The van der Waals surface area contributed by atoms with E-state index in [-0.39, 0.29) is 6.61 Å². The number of aromatic nitrogens is 1. The molecule has 1 N–H and O–H groups in total. The van der Waals surface area contributed by atoms with Gasteiger partial charge in [-0.2, -0.15) is 0 Å². The lowest BCUT2D eigenvalue weighted by molar-refractivity contribution is 0.218. The maximum absolute atomic E-state index is 9.00. The van der Waals surface area contributed by atoms with Gasteiger partial charge in [0.1, 0.15) is 15.8 Å². The Bertz CT molecular complexity index is 814. The minimum absolute atomic E-state index is 0.190. The Morgan fingerprint density at radius 3 is 2.73 bits per heavy atom. The smallest absolute Gasteiger partial charge is 0.134 e. The van der Waals surface area contributed by atoms with E-state index in [0.29, 0.717) is 6.54 Å². The predicted octanol–water partition coefficient (Wildman–Crippen LogP) is 4.60. The van der Waals surface area contributed by atoms with E-state index in [9.17, 15) is 0 Å². The molecule has 0 radical (unpaired) electrons. The summed E-state index contributed by atoms with van der Waals surface area (Å²) >= 11 is 5.22. The fraction of sp³-hybridized carbons (Fsp3) is 0.316. The summed E-state index contributed by atoms with van der Waals surface area (Å²) < 4.78 is 5.19. The summed E-state index contributed by atoms with van der Waals surface area (Å²) in [4.78, 5) is 9.39. The summed E-state index contributed by atoms with van der Waals surface area (Å²) in [5.41, 5.74) is 1.26. The van der Waals surface area contributed by atoms with E-state index >= 15 is 0 Å². The zero-order chi connectivity index (χ0) is 18.4. The molecule has 0 aliphatic carbocycles. The number of benzene rings is 1. The van der Waals surface area contributed by atoms with Gasteiger partial charge in [-0.15, -0.1) is 34.4 Å². The number of thioether (sulfide) groups is 1. The number of rotatable bonds is 9. The second-order valence-corrected chi connectivity index (χ2v) is 8.88. The molecule has 0 bridgehead atoms. The van der Waals surface area contributed by atoms with Crippen LogP contribution < -0.4 is 4.74 Å². The monoisotopic (exact) mass is 406 g/mol. The van der Waals surface area contributed by atoms with Crippen LogP contribution in [0.1, 0.15) is 10.4 Å². The number of hydrogen-bond acceptors (Lipinski definition) is 7. The first-order valence-electron chi connectivity index (χ1n) is 8.27. The highest BCUT2D eigenvalue weighted by molar-refractivity contribution is 7.98. The molecule has 0 aliphatic heterocycles. The van der Waals surface area contributed by atoms with E-state index in [2.05, 4.69) is 34.5 Å². The third kappa shape index (κ3) is 5.31. The summed E-state index contributed by atoms with van der Waals surface area (Å²) in [6.07, 6.45) is 0. The summed E-state index contributed by atoms with van der Waals surface area (Å²) in [6.45, 7) is 1.74. The first kappa shape index (κ1) is 19.4. The Balaban J connectivity index is 1.58. The number of ether oxygens (including phenoxy) is 1. The molecule has 2 aromatic heterocycles. The molecule has 0 fully saturated rings. The number of thiophene rings is 1. The van der Waals surface area contributed by atoms with Crippen molar-refractivity contribution in [3.05, 3.63) is 52.2 Å². The Morgan fingerprint density at radius 2 is 2.00 bits per heavy atom. The molecule has 26 heavy (non-hydrogen) atoms. The molecule has 7 heteroatoms. The molecule has 3 rings (SSSR count). The van der Waals surface area contributed by atoms with Gasteiger partial charge in [0.15, 0.2) is 0 Å². The second kappa shape index (κ2) is 9.53. The zero-order valence-electron chi connectivity index (χ0n) is 14.8. The van der Waals surface area contributed by atoms with E-state index in [4.69, 9.17) is 14.8 Å². The van der Waals surface area contributed by atoms with Crippen molar-refractivity contribution >= 4 is 34.4 Å². The van der Waals surface area contributed by atoms with Crippen LogP contribution in [0.25, 0.3) is 9.88 Å². The highest BCUT2D eigenvalue weighted by Crippen LogP contribution is 2.34. The van der Waals surface area contributed by atoms with Crippen molar-refractivity contribution in [3.8, 4) is 15.6 Å². The first-order valence-corrected chi connectivity index (χ1v) is 11.0. The van der Waals surface area contributed by atoms with Crippen LogP contribution in [0.3, 0.4) is 0 Å². The number of thiazole rings is 1. The lowest BCUT2D eigenvalue weighted by Gasteiger charge is -2.12. The van der Waals surface area contributed by atoms with Crippen molar-refractivity contribution < 1.29 is 9.84 Å². The van der Waals surface area contributed by atoms with E-state index in [1.807, 2.05) is 19.2 Å². The van der Waals surface area contributed by atoms with Gasteiger partial charge in [-0.3, -0.25) is 4.90 Å². The largest absolute Gasteiger partial charge is 0.497 e. The standard InChI is InChI=1S/C19H22N2O2S3/c1-21(9-10-22)11-16-7-8-17(26-16)19-20-18(13-25-19)24-12-14-3-5-15(23-2)6-4-14/h3-8,13,22H,9-12H2,1-2H3. The van der Waals surface area contributed by atoms with Crippen molar-refractivity contribution in [1.29, 1.82) is 0 Å². The van der Waals surface area contributed by atoms with Gasteiger partial charge >= 0.3 is 0 Å². The van der Waals surface area contributed by atoms with Crippen LogP contribution in [0.15, 0.2) is 46.8 Å². The Kier molecular flexibility index (Phi) is 7.10. The fourth-order valence-corrected chi connectivity index (χ4v) is 5.39. The van der Waals surface area contributed by atoms with E-state index in [0.717, 1.165) is 28.1 Å². The van der Waals surface area contributed by atoms with Gasteiger partial charge in [-0.05, 0) is 36.9 Å². The van der Waals surface area contributed by atoms with Crippen LogP contribution >= 0.6 is 34.4 Å². The van der Waals surface area contributed by atoms with Gasteiger partial charge in [0, 0.05) is 29.1 Å². The first-order chi connectivity index (χ1) is 12.7. The van der Waals surface area contributed by atoms with Gasteiger partial charge in [0.25, 0.3) is 0 Å². The Labute approximate surface area is 166 Å². The van der Waals surface area contributed by atoms with Crippen molar-refractivity contribution in [2.75, 3.05) is 27.3 Å². The highest BCUT2D eigenvalue weighted by atomic mass is 32.2. The second-order valence-electron chi connectivity index (χ2n) is 5.85. The molecule has 0 atom stereocenters. The Morgan fingerprint density at radius 1 is 1.19 bits per heavy atom. The van der Waals surface area contributed by atoms with E-state index in [1.54, 1.807) is 41.5 Å². The maximum Gasteiger partial charge on any atom is 0.134 e. The number of hydrogen-bond donors (Lipinski definition) is 1. The van der Waals surface area contributed by atoms with Gasteiger partial charge in [-0.25, -0.2) is 4.98 Å². The third-order valence-electron chi connectivity index (χ3n) is 3.81. The predicted molar refractivity (Wildman–Crippen MR) is 111 cm³/mol. The van der Waals surface area contributed by atoms with E-state index in [1.165, 1.54) is 15.3 Å². The molecule has 0 saturated heterocycles. The lowest BCUT2D eigenvalue weighted by atomic mass is 10.2. The number of aliphatic hydroxyl groups is 1. The molecule has 0 spiro atoms. The van der Waals surface area contributed by atoms with Crippen LogP contribution in [-0.4, -0.2) is 42.3 Å². The number of aliphatic hydroxyl groups excluding tert-OH is 1.